The zero-order valence-electron chi connectivity index (χ0n) is 16.9. The highest BCUT2D eigenvalue weighted by Crippen LogP contribution is 2.20. The van der Waals surface area contributed by atoms with Gasteiger partial charge in [-0.3, -0.25) is 10.1 Å². The lowest BCUT2D eigenvalue weighted by molar-refractivity contribution is -0.128. The number of hydrogen-bond donors (Lipinski definition) is 1. The number of benzene rings is 2. The number of nitrogens with one attached hydrogen (secondary N) is 1. The molecule has 1 N–H and O–H groups in total. The molecule has 0 unspecified atom stereocenters. The highest BCUT2D eigenvalue weighted by Gasteiger charge is 2.36. The molecule has 1 aliphatic heterocycles. The average Bonchev–Trinajstić information content (AvgIpc) is 2.90. The van der Waals surface area contributed by atoms with Crippen molar-refractivity contribution in [2.24, 2.45) is 0 Å². The van der Waals surface area contributed by atoms with Crippen LogP contribution in [0, 0.1) is 0 Å². The molecule has 0 aromatic heterocycles. The van der Waals surface area contributed by atoms with Gasteiger partial charge in [-0.15, -0.1) is 0 Å². The maximum atomic E-state index is 12.7. The van der Waals surface area contributed by atoms with Gasteiger partial charge in [0, 0.05) is 53.0 Å². The second-order valence-electron chi connectivity index (χ2n) is 7.71. The van der Waals surface area contributed by atoms with Gasteiger partial charge in [0.25, 0.3) is 0 Å². The largest absolute Gasteiger partial charge is 0.378 e. The SMILES string of the molecule is CN(C)c1ccc(C[C@@H]2N[C@@H](Cc3ccc(N(C)C)cc3)N(C)C2=O)cc1. The van der Waals surface area contributed by atoms with E-state index in [1.165, 1.54) is 22.5 Å². The molecule has 144 valence electrons. The van der Waals surface area contributed by atoms with E-state index in [-0.39, 0.29) is 18.1 Å². The van der Waals surface area contributed by atoms with Crippen LogP contribution in [-0.4, -0.2) is 58.3 Å². The van der Waals surface area contributed by atoms with Crippen molar-refractivity contribution >= 4 is 17.3 Å². The Morgan fingerprint density at radius 3 is 1.70 bits per heavy atom. The molecule has 1 fully saturated rings. The topological polar surface area (TPSA) is 38.8 Å². The van der Waals surface area contributed by atoms with Gasteiger partial charge in [-0.05, 0) is 41.8 Å². The molecule has 0 bridgehead atoms. The summed E-state index contributed by atoms with van der Waals surface area (Å²) in [6, 6.07) is 16.8. The molecular weight excluding hydrogens is 336 g/mol. The van der Waals surface area contributed by atoms with Crippen LogP contribution in [0.3, 0.4) is 0 Å². The summed E-state index contributed by atoms with van der Waals surface area (Å²) in [7, 11) is 10.0. The first-order chi connectivity index (χ1) is 12.8. The van der Waals surface area contributed by atoms with Crippen LogP contribution in [-0.2, 0) is 17.6 Å². The number of rotatable bonds is 6. The van der Waals surface area contributed by atoms with Crippen LogP contribution >= 0.6 is 0 Å². The van der Waals surface area contributed by atoms with E-state index in [0.29, 0.717) is 6.42 Å². The Hall–Kier alpha value is -2.53. The van der Waals surface area contributed by atoms with Gasteiger partial charge in [-0.2, -0.15) is 0 Å². The van der Waals surface area contributed by atoms with Crippen LogP contribution in [0.1, 0.15) is 11.1 Å². The molecule has 5 nitrogen and oxygen atoms in total. The summed E-state index contributed by atoms with van der Waals surface area (Å²) in [5.74, 6) is 0.168. The maximum absolute atomic E-state index is 12.7. The lowest BCUT2D eigenvalue weighted by atomic mass is 10.1. The lowest BCUT2D eigenvalue weighted by Gasteiger charge is -2.20. The second kappa shape index (κ2) is 8.01. The summed E-state index contributed by atoms with van der Waals surface area (Å²) in [6.45, 7) is 0. The minimum atomic E-state index is -0.161. The van der Waals surface area contributed by atoms with Gasteiger partial charge in [0.05, 0.1) is 12.2 Å². The Kier molecular flexibility index (Phi) is 5.71. The van der Waals surface area contributed by atoms with Gasteiger partial charge in [0.1, 0.15) is 0 Å². The predicted molar refractivity (Wildman–Crippen MR) is 112 cm³/mol. The van der Waals surface area contributed by atoms with Gasteiger partial charge < -0.3 is 14.7 Å². The molecular formula is C22H30N4O. The van der Waals surface area contributed by atoms with Crippen LogP contribution in [0.4, 0.5) is 11.4 Å². The summed E-state index contributed by atoms with van der Waals surface area (Å²) >= 11 is 0. The maximum Gasteiger partial charge on any atom is 0.241 e. The molecule has 1 saturated heterocycles. The van der Waals surface area contributed by atoms with Crippen molar-refractivity contribution < 1.29 is 4.79 Å². The Balaban J connectivity index is 1.63. The number of anilines is 2. The van der Waals surface area contributed by atoms with E-state index in [1.54, 1.807) is 0 Å². The first-order valence-corrected chi connectivity index (χ1v) is 9.40. The molecule has 2 atom stereocenters. The zero-order valence-corrected chi connectivity index (χ0v) is 16.9. The summed E-state index contributed by atoms with van der Waals surface area (Å²) < 4.78 is 0. The van der Waals surface area contributed by atoms with E-state index < -0.39 is 0 Å². The minimum Gasteiger partial charge on any atom is -0.378 e. The smallest absolute Gasteiger partial charge is 0.241 e. The van der Waals surface area contributed by atoms with Crippen LogP contribution in [0.2, 0.25) is 0 Å². The van der Waals surface area contributed by atoms with Crippen LogP contribution < -0.4 is 15.1 Å². The standard InChI is InChI=1S/C22H30N4O/c1-24(2)18-10-6-16(7-11-18)14-20-22(27)26(5)21(23-20)15-17-8-12-19(13-9-17)25(3)4/h6-13,20-21,23H,14-15H2,1-5H3/t20-,21+/m0/s1. The molecule has 0 aliphatic carbocycles. The van der Waals surface area contributed by atoms with Gasteiger partial charge in [0.15, 0.2) is 0 Å². The molecule has 3 rings (SSSR count). The van der Waals surface area contributed by atoms with Crippen molar-refractivity contribution in [2.45, 2.75) is 25.0 Å². The van der Waals surface area contributed by atoms with E-state index in [9.17, 15) is 4.79 Å². The quantitative estimate of drug-likeness (QED) is 0.852. The van der Waals surface area contributed by atoms with E-state index in [4.69, 9.17) is 0 Å². The Bertz CT molecular complexity index is 768. The number of amides is 1. The fourth-order valence-corrected chi connectivity index (χ4v) is 3.48. The predicted octanol–water partition coefficient (Wildman–Crippen LogP) is 2.36. The van der Waals surface area contributed by atoms with Gasteiger partial charge in [-0.1, -0.05) is 24.3 Å². The van der Waals surface area contributed by atoms with E-state index in [0.717, 1.165) is 6.42 Å². The van der Waals surface area contributed by atoms with Gasteiger partial charge in [0.2, 0.25) is 5.91 Å². The number of hydrogen-bond acceptors (Lipinski definition) is 4. The minimum absolute atomic E-state index is 0.0359. The van der Waals surface area contributed by atoms with Crippen LogP contribution in [0.5, 0.6) is 0 Å². The third-order valence-corrected chi connectivity index (χ3v) is 5.28. The first kappa shape index (κ1) is 19.2. The molecule has 2 aromatic carbocycles. The average molecular weight is 367 g/mol. The van der Waals surface area contributed by atoms with Gasteiger partial charge in [-0.25, -0.2) is 0 Å². The van der Waals surface area contributed by atoms with Crippen molar-refractivity contribution in [1.82, 2.24) is 10.2 Å². The summed E-state index contributed by atoms with van der Waals surface area (Å²) in [5.41, 5.74) is 4.76. The number of carbonyl (C=O) groups excluding carboxylic acids is 1. The number of carbonyl (C=O) groups is 1. The first-order valence-electron chi connectivity index (χ1n) is 9.40. The Labute approximate surface area is 162 Å². The number of nitrogens with zero attached hydrogens (tertiary/aromatic N) is 3. The second-order valence-corrected chi connectivity index (χ2v) is 7.71. The fourth-order valence-electron chi connectivity index (χ4n) is 3.48. The molecule has 0 spiro atoms. The molecule has 1 aliphatic rings. The van der Waals surface area contributed by atoms with Crippen molar-refractivity contribution in [2.75, 3.05) is 45.0 Å². The Morgan fingerprint density at radius 1 is 0.815 bits per heavy atom. The highest BCUT2D eigenvalue weighted by atomic mass is 16.2. The highest BCUT2D eigenvalue weighted by molar-refractivity contribution is 5.84. The zero-order chi connectivity index (χ0) is 19.6. The van der Waals surface area contributed by atoms with E-state index in [1.807, 2.05) is 40.1 Å². The van der Waals surface area contributed by atoms with E-state index in [2.05, 4.69) is 63.6 Å². The summed E-state index contributed by atoms with van der Waals surface area (Å²) in [4.78, 5) is 18.7. The number of likely N-dealkylation sites (N-methyl/N-ethyl adjacent to an activating group) is 1. The monoisotopic (exact) mass is 366 g/mol. The summed E-state index contributed by atoms with van der Waals surface area (Å²) in [5, 5.41) is 3.52. The van der Waals surface area contributed by atoms with Crippen LogP contribution in [0.25, 0.3) is 0 Å². The van der Waals surface area contributed by atoms with Crippen LogP contribution in [0.15, 0.2) is 48.5 Å². The van der Waals surface area contributed by atoms with Gasteiger partial charge >= 0.3 is 0 Å². The molecule has 1 heterocycles. The Morgan fingerprint density at radius 2 is 1.26 bits per heavy atom. The molecule has 0 saturated carbocycles. The molecule has 5 heteroatoms. The molecule has 1 amide bonds. The van der Waals surface area contributed by atoms with Crippen molar-refractivity contribution in [3.63, 3.8) is 0 Å². The lowest BCUT2D eigenvalue weighted by Crippen LogP contribution is -2.37. The van der Waals surface area contributed by atoms with Crippen molar-refractivity contribution in [1.29, 1.82) is 0 Å². The van der Waals surface area contributed by atoms with Crippen molar-refractivity contribution in [3.05, 3.63) is 59.7 Å². The fraction of sp³-hybridized carbons (Fsp3) is 0.409. The third-order valence-electron chi connectivity index (χ3n) is 5.28. The summed E-state index contributed by atoms with van der Waals surface area (Å²) in [6.07, 6.45) is 1.56. The van der Waals surface area contributed by atoms with Crippen molar-refractivity contribution in [3.8, 4) is 0 Å². The van der Waals surface area contributed by atoms with E-state index >= 15 is 0 Å². The normalized spacial score (nSPS) is 19.4. The molecule has 0 radical (unpaired) electrons. The molecule has 27 heavy (non-hydrogen) atoms. The molecule has 2 aromatic rings. The third kappa shape index (κ3) is 4.42.